The topological polar surface area (TPSA) is 98.2 Å². The second-order valence-corrected chi connectivity index (χ2v) is 6.40. The highest BCUT2D eigenvalue weighted by molar-refractivity contribution is 6.36. The molecule has 29 heavy (non-hydrogen) atoms. The van der Waals surface area contributed by atoms with Crippen LogP contribution in [0.15, 0.2) is 35.4 Å². The predicted octanol–water partition coefficient (Wildman–Crippen LogP) is 2.90. The molecule has 0 atom stereocenters. The van der Waals surface area contributed by atoms with Crippen molar-refractivity contribution in [1.82, 2.24) is 10.7 Å². The third kappa shape index (κ3) is 6.00. The molecule has 0 aliphatic carbocycles. The zero-order valence-electron chi connectivity index (χ0n) is 15.9. The quantitative estimate of drug-likeness (QED) is 0.486. The number of nitrogens with zero attached hydrogens (tertiary/aromatic N) is 1. The molecule has 0 spiro atoms. The van der Waals surface area contributed by atoms with E-state index in [1.165, 1.54) is 45.7 Å². The molecule has 0 saturated heterocycles. The van der Waals surface area contributed by atoms with Crippen LogP contribution in [-0.4, -0.2) is 45.9 Å². The molecule has 0 heterocycles. The summed E-state index contributed by atoms with van der Waals surface area (Å²) in [6, 6.07) is 7.78. The number of hydrazone groups is 1. The third-order valence-electron chi connectivity index (χ3n) is 3.68. The van der Waals surface area contributed by atoms with Gasteiger partial charge in [-0.05, 0) is 30.3 Å². The van der Waals surface area contributed by atoms with Crippen LogP contribution < -0.4 is 25.0 Å². The summed E-state index contributed by atoms with van der Waals surface area (Å²) in [5.41, 5.74) is 3.13. The molecule has 0 radical (unpaired) electrons. The van der Waals surface area contributed by atoms with Crippen LogP contribution in [0.4, 0.5) is 0 Å². The van der Waals surface area contributed by atoms with Crippen LogP contribution in [0.5, 0.6) is 17.2 Å². The van der Waals surface area contributed by atoms with Crippen LogP contribution in [0.1, 0.15) is 15.9 Å². The largest absolute Gasteiger partial charge is 0.493 e. The van der Waals surface area contributed by atoms with Crippen LogP contribution in [0.3, 0.4) is 0 Å². The molecule has 0 fully saturated rings. The summed E-state index contributed by atoms with van der Waals surface area (Å²) < 4.78 is 15.7. The van der Waals surface area contributed by atoms with Gasteiger partial charge in [-0.1, -0.05) is 23.2 Å². The molecule has 0 unspecified atom stereocenters. The van der Waals surface area contributed by atoms with Crippen LogP contribution in [0.2, 0.25) is 10.0 Å². The van der Waals surface area contributed by atoms with E-state index in [4.69, 9.17) is 37.4 Å². The first-order chi connectivity index (χ1) is 13.9. The number of hydrogen-bond acceptors (Lipinski definition) is 6. The second-order valence-electron chi connectivity index (χ2n) is 5.56. The van der Waals surface area contributed by atoms with Gasteiger partial charge in [-0.2, -0.15) is 5.10 Å². The van der Waals surface area contributed by atoms with Gasteiger partial charge in [-0.15, -0.1) is 0 Å². The van der Waals surface area contributed by atoms with E-state index in [0.717, 1.165) is 0 Å². The molecule has 10 heteroatoms. The number of ether oxygens (including phenoxy) is 3. The van der Waals surface area contributed by atoms with E-state index in [9.17, 15) is 9.59 Å². The lowest BCUT2D eigenvalue weighted by Crippen LogP contribution is -2.35. The van der Waals surface area contributed by atoms with E-state index in [1.54, 1.807) is 12.1 Å². The first-order valence-electron chi connectivity index (χ1n) is 8.24. The van der Waals surface area contributed by atoms with Gasteiger partial charge in [0.15, 0.2) is 11.5 Å². The Bertz CT molecular complexity index is 909. The minimum atomic E-state index is -0.521. The maximum atomic E-state index is 12.1. The molecule has 2 N–H and O–H groups in total. The predicted molar refractivity (Wildman–Crippen MR) is 111 cm³/mol. The molecule has 0 aromatic heterocycles. The first kappa shape index (κ1) is 22.3. The minimum Gasteiger partial charge on any atom is -0.493 e. The summed E-state index contributed by atoms with van der Waals surface area (Å²) in [6.45, 7) is -0.287. The Labute approximate surface area is 177 Å². The lowest BCUT2D eigenvalue weighted by atomic mass is 10.2. The standard InChI is InChI=1S/C19H19Cl2N3O5/c1-27-15-6-11(7-16(28-2)18(15)29-3)9-23-24-17(25)10-22-19(26)13-5-4-12(20)8-14(13)21/h4-9H,10H2,1-3H3,(H,22,26)(H,24,25)/b23-9+. The number of benzene rings is 2. The number of carbonyl (C=O) groups is 2. The molecule has 0 saturated carbocycles. The van der Waals surface area contributed by atoms with Gasteiger partial charge in [0, 0.05) is 10.6 Å². The van der Waals surface area contributed by atoms with E-state index >= 15 is 0 Å². The molecule has 154 valence electrons. The van der Waals surface area contributed by atoms with Crippen molar-refractivity contribution in [3.63, 3.8) is 0 Å². The first-order valence-corrected chi connectivity index (χ1v) is 9.00. The van der Waals surface area contributed by atoms with Crippen molar-refractivity contribution in [3.05, 3.63) is 51.5 Å². The zero-order valence-corrected chi connectivity index (χ0v) is 17.4. The molecule has 2 amide bonds. The van der Waals surface area contributed by atoms with E-state index in [1.807, 2.05) is 0 Å². The average molecular weight is 440 g/mol. The Hall–Kier alpha value is -2.97. The Balaban J connectivity index is 1.95. The smallest absolute Gasteiger partial charge is 0.259 e. The normalized spacial score (nSPS) is 10.5. The Kier molecular flexibility index (Phi) is 8.11. The number of hydrogen-bond donors (Lipinski definition) is 2. The molecule has 2 aromatic rings. The maximum absolute atomic E-state index is 12.1. The highest BCUT2D eigenvalue weighted by atomic mass is 35.5. The van der Waals surface area contributed by atoms with Crippen molar-refractivity contribution in [2.45, 2.75) is 0 Å². The maximum Gasteiger partial charge on any atom is 0.259 e. The Morgan fingerprint density at radius 3 is 2.24 bits per heavy atom. The van der Waals surface area contributed by atoms with Crippen LogP contribution >= 0.6 is 23.2 Å². The Morgan fingerprint density at radius 1 is 1.03 bits per heavy atom. The number of nitrogens with one attached hydrogen (secondary N) is 2. The third-order valence-corrected chi connectivity index (χ3v) is 4.22. The number of carbonyl (C=O) groups excluding carboxylic acids is 2. The molecule has 2 rings (SSSR count). The molecule has 0 bridgehead atoms. The van der Waals surface area contributed by atoms with Crippen molar-refractivity contribution < 1.29 is 23.8 Å². The molecule has 8 nitrogen and oxygen atoms in total. The molecular formula is C19H19Cl2N3O5. The lowest BCUT2D eigenvalue weighted by Gasteiger charge is -2.12. The molecule has 2 aromatic carbocycles. The summed E-state index contributed by atoms with van der Waals surface area (Å²) in [4.78, 5) is 24.0. The van der Waals surface area contributed by atoms with Crippen molar-refractivity contribution in [1.29, 1.82) is 0 Å². The summed E-state index contributed by atoms with van der Waals surface area (Å²) in [5.74, 6) is 0.320. The number of halogens is 2. The lowest BCUT2D eigenvalue weighted by molar-refractivity contribution is -0.120. The molecular weight excluding hydrogens is 421 g/mol. The summed E-state index contributed by atoms with van der Waals surface area (Å²) in [6.07, 6.45) is 1.40. The average Bonchev–Trinajstić information content (AvgIpc) is 2.71. The van der Waals surface area contributed by atoms with Gasteiger partial charge in [-0.25, -0.2) is 5.43 Å². The minimum absolute atomic E-state index is 0.191. The van der Waals surface area contributed by atoms with E-state index in [2.05, 4.69) is 15.8 Å². The van der Waals surface area contributed by atoms with E-state index in [0.29, 0.717) is 27.8 Å². The van der Waals surface area contributed by atoms with Gasteiger partial charge in [0.25, 0.3) is 11.8 Å². The van der Waals surface area contributed by atoms with Gasteiger partial charge in [0.1, 0.15) is 0 Å². The highest BCUT2D eigenvalue weighted by Crippen LogP contribution is 2.37. The van der Waals surface area contributed by atoms with Gasteiger partial charge < -0.3 is 19.5 Å². The monoisotopic (exact) mass is 439 g/mol. The zero-order chi connectivity index (χ0) is 21.4. The molecule has 0 aliphatic heterocycles. The fraction of sp³-hybridized carbons (Fsp3) is 0.211. The van der Waals surface area contributed by atoms with Crippen molar-refractivity contribution in [2.24, 2.45) is 5.10 Å². The summed E-state index contributed by atoms with van der Waals surface area (Å²) in [7, 11) is 4.49. The highest BCUT2D eigenvalue weighted by Gasteiger charge is 2.13. The van der Waals surface area contributed by atoms with Crippen molar-refractivity contribution in [3.8, 4) is 17.2 Å². The Morgan fingerprint density at radius 2 is 1.69 bits per heavy atom. The van der Waals surface area contributed by atoms with Crippen LogP contribution in [-0.2, 0) is 4.79 Å². The summed E-state index contributed by atoms with van der Waals surface area (Å²) >= 11 is 11.8. The summed E-state index contributed by atoms with van der Waals surface area (Å²) in [5, 5.41) is 6.91. The van der Waals surface area contributed by atoms with Crippen molar-refractivity contribution >= 4 is 41.2 Å². The number of methoxy groups -OCH3 is 3. The second kappa shape index (κ2) is 10.5. The van der Waals surface area contributed by atoms with Crippen molar-refractivity contribution in [2.75, 3.05) is 27.9 Å². The van der Waals surface area contributed by atoms with E-state index < -0.39 is 11.8 Å². The number of rotatable bonds is 8. The van der Waals surface area contributed by atoms with Gasteiger partial charge >= 0.3 is 0 Å². The van der Waals surface area contributed by atoms with Crippen LogP contribution in [0.25, 0.3) is 0 Å². The van der Waals surface area contributed by atoms with E-state index in [-0.39, 0.29) is 17.1 Å². The number of amides is 2. The SMILES string of the molecule is COc1cc(/C=N/NC(=O)CNC(=O)c2ccc(Cl)cc2Cl)cc(OC)c1OC. The fourth-order valence-corrected chi connectivity index (χ4v) is 2.82. The van der Waals surface area contributed by atoms with Gasteiger partial charge in [0.05, 0.1) is 44.7 Å². The fourth-order valence-electron chi connectivity index (χ4n) is 2.32. The van der Waals surface area contributed by atoms with Crippen LogP contribution in [0, 0.1) is 0 Å². The van der Waals surface area contributed by atoms with Gasteiger partial charge in [-0.3, -0.25) is 9.59 Å². The molecule has 0 aliphatic rings. The van der Waals surface area contributed by atoms with Gasteiger partial charge in [0.2, 0.25) is 5.75 Å².